The van der Waals surface area contributed by atoms with E-state index in [2.05, 4.69) is 5.32 Å². The van der Waals surface area contributed by atoms with Crippen molar-refractivity contribution < 1.29 is 9.53 Å². The van der Waals surface area contributed by atoms with Crippen LogP contribution in [0.3, 0.4) is 0 Å². The highest BCUT2D eigenvalue weighted by atomic mass is 16.6. The average Bonchev–Trinajstić information content (AvgIpc) is 2.13. The van der Waals surface area contributed by atoms with E-state index >= 15 is 0 Å². The highest BCUT2D eigenvalue weighted by Gasteiger charge is 2.29. The Balaban J connectivity index is 2.48. The molecule has 1 amide bonds. The molecule has 0 saturated carbocycles. The Bertz CT molecular complexity index is 185. The van der Waals surface area contributed by atoms with Gasteiger partial charge in [-0.1, -0.05) is 0 Å². The molecule has 0 aliphatic carbocycles. The number of amides is 1. The minimum absolute atomic E-state index is 0.0350. The molecule has 0 aromatic rings. The first-order valence-electron chi connectivity index (χ1n) is 3.08. The summed E-state index contributed by atoms with van der Waals surface area (Å²) in [6, 6.07) is 1.91. The monoisotopic (exact) mass is 140 g/mol. The van der Waals surface area contributed by atoms with Crippen molar-refractivity contribution in [1.29, 1.82) is 5.26 Å². The molecule has 0 aromatic heterocycles. The third-order valence-corrected chi connectivity index (χ3v) is 1.45. The standard InChI is InChI=1S/C6H8N2O2/c1-4-5(2-3-7)10-6(9)8-4/h4-5H,2H2,1H3,(H,8,9). The molecule has 0 aromatic carbocycles. The van der Waals surface area contributed by atoms with E-state index in [4.69, 9.17) is 10.00 Å². The molecule has 4 heteroatoms. The van der Waals surface area contributed by atoms with E-state index in [1.807, 2.05) is 13.0 Å². The van der Waals surface area contributed by atoms with Crippen molar-refractivity contribution in [3.05, 3.63) is 0 Å². The van der Waals surface area contributed by atoms with Crippen LogP contribution in [0.25, 0.3) is 0 Å². The number of nitriles is 1. The van der Waals surface area contributed by atoms with Crippen molar-refractivity contribution in [2.75, 3.05) is 0 Å². The van der Waals surface area contributed by atoms with Crippen LogP contribution in [0.4, 0.5) is 4.79 Å². The van der Waals surface area contributed by atoms with Crippen molar-refractivity contribution in [2.45, 2.75) is 25.5 Å². The SMILES string of the molecule is CC1NC(=O)OC1CC#N. The molecule has 1 rings (SSSR count). The molecular formula is C6H8N2O2. The van der Waals surface area contributed by atoms with Crippen LogP contribution in [-0.2, 0) is 4.74 Å². The van der Waals surface area contributed by atoms with Crippen LogP contribution < -0.4 is 5.32 Å². The van der Waals surface area contributed by atoms with E-state index in [0.29, 0.717) is 0 Å². The molecular weight excluding hydrogens is 132 g/mol. The summed E-state index contributed by atoms with van der Waals surface area (Å²) in [6.45, 7) is 1.81. The highest BCUT2D eigenvalue weighted by molar-refractivity contribution is 5.70. The Kier molecular flexibility index (Phi) is 1.76. The summed E-state index contributed by atoms with van der Waals surface area (Å²) in [5, 5.41) is 10.8. The number of ether oxygens (including phenoxy) is 1. The minimum atomic E-state index is -0.423. The van der Waals surface area contributed by atoms with Crippen LogP contribution in [0.5, 0.6) is 0 Å². The van der Waals surface area contributed by atoms with E-state index < -0.39 is 6.09 Å². The molecule has 4 nitrogen and oxygen atoms in total. The van der Waals surface area contributed by atoms with Gasteiger partial charge < -0.3 is 10.1 Å². The van der Waals surface area contributed by atoms with Crippen molar-refractivity contribution in [1.82, 2.24) is 5.32 Å². The molecule has 0 radical (unpaired) electrons. The normalized spacial score (nSPS) is 30.6. The topological polar surface area (TPSA) is 62.1 Å². The molecule has 1 aliphatic rings. The first-order valence-corrected chi connectivity index (χ1v) is 3.08. The Morgan fingerprint density at radius 3 is 3.00 bits per heavy atom. The van der Waals surface area contributed by atoms with Gasteiger partial charge in [0, 0.05) is 0 Å². The molecule has 1 N–H and O–H groups in total. The van der Waals surface area contributed by atoms with Crippen LogP contribution in [0.15, 0.2) is 0 Å². The molecule has 0 bridgehead atoms. The number of hydrogen-bond acceptors (Lipinski definition) is 3. The number of carbonyl (C=O) groups is 1. The zero-order chi connectivity index (χ0) is 7.56. The van der Waals surface area contributed by atoms with Crippen molar-refractivity contribution in [2.24, 2.45) is 0 Å². The summed E-state index contributed by atoms with van der Waals surface area (Å²) >= 11 is 0. The van der Waals surface area contributed by atoms with Crippen LogP contribution >= 0.6 is 0 Å². The number of alkyl carbamates (subject to hydrolysis) is 1. The molecule has 0 spiro atoms. The molecule has 1 saturated heterocycles. The maximum Gasteiger partial charge on any atom is 0.407 e. The number of nitrogens with one attached hydrogen (secondary N) is 1. The fourth-order valence-corrected chi connectivity index (χ4v) is 0.861. The molecule has 54 valence electrons. The van der Waals surface area contributed by atoms with Gasteiger partial charge in [-0.15, -0.1) is 0 Å². The van der Waals surface area contributed by atoms with Gasteiger partial charge in [0.15, 0.2) is 0 Å². The summed E-state index contributed by atoms with van der Waals surface area (Å²) in [4.78, 5) is 10.5. The number of cyclic esters (lactones) is 1. The van der Waals surface area contributed by atoms with Gasteiger partial charge in [0.25, 0.3) is 0 Å². The van der Waals surface area contributed by atoms with Gasteiger partial charge in [0.05, 0.1) is 18.5 Å². The third kappa shape index (κ3) is 1.18. The Hall–Kier alpha value is -1.24. The van der Waals surface area contributed by atoms with Gasteiger partial charge in [0.1, 0.15) is 6.10 Å². The summed E-state index contributed by atoms with van der Waals surface area (Å²) < 4.78 is 4.74. The van der Waals surface area contributed by atoms with Crippen LogP contribution in [-0.4, -0.2) is 18.2 Å². The number of nitrogens with zero attached hydrogens (tertiary/aromatic N) is 1. The molecule has 10 heavy (non-hydrogen) atoms. The summed E-state index contributed by atoms with van der Waals surface area (Å²) in [5.74, 6) is 0. The summed E-state index contributed by atoms with van der Waals surface area (Å²) in [6.07, 6.45) is -0.426. The number of hydrogen-bond donors (Lipinski definition) is 1. The molecule has 2 unspecified atom stereocenters. The Morgan fingerprint density at radius 2 is 2.60 bits per heavy atom. The third-order valence-electron chi connectivity index (χ3n) is 1.45. The second-order valence-corrected chi connectivity index (χ2v) is 2.24. The van der Waals surface area contributed by atoms with E-state index in [9.17, 15) is 4.79 Å². The number of carbonyl (C=O) groups excluding carboxylic acids is 1. The lowest BCUT2D eigenvalue weighted by atomic mass is 10.1. The maximum atomic E-state index is 10.5. The Labute approximate surface area is 58.8 Å². The molecule has 2 atom stereocenters. The zero-order valence-electron chi connectivity index (χ0n) is 5.63. The van der Waals surface area contributed by atoms with Gasteiger partial charge in [-0.3, -0.25) is 0 Å². The van der Waals surface area contributed by atoms with E-state index in [1.54, 1.807) is 0 Å². The fourth-order valence-electron chi connectivity index (χ4n) is 0.861. The van der Waals surface area contributed by atoms with Crippen LogP contribution in [0, 0.1) is 11.3 Å². The lowest BCUT2D eigenvalue weighted by Gasteiger charge is -2.06. The summed E-state index contributed by atoms with van der Waals surface area (Å²) in [5.41, 5.74) is 0. The van der Waals surface area contributed by atoms with Gasteiger partial charge in [-0.2, -0.15) is 5.26 Å². The van der Waals surface area contributed by atoms with E-state index in [1.165, 1.54) is 0 Å². The van der Waals surface area contributed by atoms with Gasteiger partial charge in [-0.05, 0) is 6.92 Å². The predicted molar refractivity (Wildman–Crippen MR) is 33.1 cm³/mol. The van der Waals surface area contributed by atoms with Crippen molar-refractivity contribution in [3.8, 4) is 6.07 Å². The molecule has 1 heterocycles. The first-order chi connectivity index (χ1) is 4.74. The lowest BCUT2D eigenvalue weighted by molar-refractivity contribution is 0.135. The van der Waals surface area contributed by atoms with E-state index in [0.717, 1.165) is 0 Å². The van der Waals surface area contributed by atoms with Crippen molar-refractivity contribution >= 4 is 6.09 Å². The maximum absolute atomic E-state index is 10.5. The Morgan fingerprint density at radius 1 is 1.90 bits per heavy atom. The first kappa shape index (κ1) is 6.87. The van der Waals surface area contributed by atoms with Crippen LogP contribution in [0.1, 0.15) is 13.3 Å². The van der Waals surface area contributed by atoms with Gasteiger partial charge >= 0.3 is 6.09 Å². The minimum Gasteiger partial charge on any atom is -0.443 e. The zero-order valence-corrected chi connectivity index (χ0v) is 5.63. The molecule has 1 aliphatic heterocycles. The average molecular weight is 140 g/mol. The second-order valence-electron chi connectivity index (χ2n) is 2.24. The smallest absolute Gasteiger partial charge is 0.407 e. The molecule has 1 fully saturated rings. The predicted octanol–water partition coefficient (Wildman–Crippen LogP) is 0.397. The van der Waals surface area contributed by atoms with Gasteiger partial charge in [0.2, 0.25) is 0 Å². The number of rotatable bonds is 1. The van der Waals surface area contributed by atoms with E-state index in [-0.39, 0.29) is 18.6 Å². The highest BCUT2D eigenvalue weighted by Crippen LogP contribution is 2.10. The quantitative estimate of drug-likeness (QED) is 0.573. The fraction of sp³-hybridized carbons (Fsp3) is 0.667. The lowest BCUT2D eigenvalue weighted by Crippen LogP contribution is -2.27. The summed E-state index contributed by atoms with van der Waals surface area (Å²) in [7, 11) is 0. The van der Waals surface area contributed by atoms with Gasteiger partial charge in [-0.25, -0.2) is 4.79 Å². The van der Waals surface area contributed by atoms with Crippen LogP contribution in [0.2, 0.25) is 0 Å². The van der Waals surface area contributed by atoms with Crippen molar-refractivity contribution in [3.63, 3.8) is 0 Å². The largest absolute Gasteiger partial charge is 0.443 e. The second kappa shape index (κ2) is 2.56.